The van der Waals surface area contributed by atoms with Crippen LogP contribution >= 0.6 is 15.9 Å². The second kappa shape index (κ2) is 5.69. The Morgan fingerprint density at radius 1 is 1.11 bits per heavy atom. The van der Waals surface area contributed by atoms with Crippen LogP contribution in [0, 0.1) is 0 Å². The second-order valence-electron chi connectivity index (χ2n) is 3.76. The van der Waals surface area contributed by atoms with Crippen LogP contribution in [-0.4, -0.2) is 13.0 Å². The van der Waals surface area contributed by atoms with Gasteiger partial charge >= 0.3 is 0 Å². The van der Waals surface area contributed by atoms with Crippen LogP contribution in [0.3, 0.4) is 0 Å². The van der Waals surface area contributed by atoms with Crippen molar-refractivity contribution in [2.75, 3.05) is 17.7 Å². The Balaban J connectivity index is 2.19. The summed E-state index contributed by atoms with van der Waals surface area (Å²) < 4.78 is 0.864. The Hall–Kier alpha value is -1.81. The van der Waals surface area contributed by atoms with Gasteiger partial charge in [-0.3, -0.25) is 4.79 Å². The summed E-state index contributed by atoms with van der Waals surface area (Å²) in [5.74, 6) is -0.126. The van der Waals surface area contributed by atoms with E-state index in [0.29, 0.717) is 5.56 Å². The summed E-state index contributed by atoms with van der Waals surface area (Å²) in [4.78, 5) is 12.1. The number of amides is 1. The van der Waals surface area contributed by atoms with Gasteiger partial charge in [0.15, 0.2) is 0 Å². The molecule has 18 heavy (non-hydrogen) atoms. The Bertz CT molecular complexity index is 569. The number of para-hydroxylation sites is 1. The van der Waals surface area contributed by atoms with E-state index in [2.05, 4.69) is 26.6 Å². The first-order chi connectivity index (χ1) is 8.70. The van der Waals surface area contributed by atoms with E-state index in [1.54, 1.807) is 6.07 Å². The first-order valence-corrected chi connectivity index (χ1v) is 6.33. The molecule has 0 atom stereocenters. The number of halogens is 1. The summed E-state index contributed by atoms with van der Waals surface area (Å²) in [6.45, 7) is 0. The number of hydrogen-bond acceptors (Lipinski definition) is 2. The maximum atomic E-state index is 12.1. The molecule has 92 valence electrons. The fraction of sp³-hybridized carbons (Fsp3) is 0.0714. The number of hydrogen-bond donors (Lipinski definition) is 2. The van der Waals surface area contributed by atoms with Crippen molar-refractivity contribution in [2.45, 2.75) is 0 Å². The van der Waals surface area contributed by atoms with E-state index in [-0.39, 0.29) is 5.91 Å². The van der Waals surface area contributed by atoms with Crippen molar-refractivity contribution in [3.8, 4) is 0 Å². The molecule has 0 aliphatic heterocycles. The van der Waals surface area contributed by atoms with Gasteiger partial charge in [0.05, 0.1) is 5.69 Å². The zero-order chi connectivity index (χ0) is 13.0. The van der Waals surface area contributed by atoms with E-state index in [1.807, 2.05) is 49.5 Å². The maximum absolute atomic E-state index is 12.1. The van der Waals surface area contributed by atoms with E-state index in [0.717, 1.165) is 15.8 Å². The van der Waals surface area contributed by atoms with Crippen LogP contribution in [0.4, 0.5) is 11.4 Å². The Labute approximate surface area is 114 Å². The molecule has 2 N–H and O–H groups in total. The van der Waals surface area contributed by atoms with Crippen LogP contribution < -0.4 is 10.6 Å². The van der Waals surface area contributed by atoms with Gasteiger partial charge in [0.2, 0.25) is 0 Å². The molecular weight excluding hydrogens is 292 g/mol. The molecule has 0 aliphatic carbocycles. The lowest BCUT2D eigenvalue weighted by molar-refractivity contribution is 0.102. The predicted molar refractivity (Wildman–Crippen MR) is 78.1 cm³/mol. The van der Waals surface area contributed by atoms with Crippen LogP contribution in [0.15, 0.2) is 53.0 Å². The van der Waals surface area contributed by atoms with Gasteiger partial charge in [-0.05, 0) is 46.3 Å². The molecule has 0 heterocycles. The zero-order valence-electron chi connectivity index (χ0n) is 9.91. The van der Waals surface area contributed by atoms with Crippen LogP contribution in [0.25, 0.3) is 0 Å². The van der Waals surface area contributed by atoms with Crippen molar-refractivity contribution in [3.05, 3.63) is 58.6 Å². The normalized spacial score (nSPS) is 9.89. The number of carbonyl (C=O) groups is 1. The summed E-state index contributed by atoms with van der Waals surface area (Å²) in [5.41, 5.74) is 2.30. The van der Waals surface area contributed by atoms with Gasteiger partial charge in [-0.15, -0.1) is 0 Å². The highest BCUT2D eigenvalue weighted by Gasteiger charge is 2.08. The minimum atomic E-state index is -0.126. The van der Waals surface area contributed by atoms with Gasteiger partial charge < -0.3 is 10.6 Å². The van der Waals surface area contributed by atoms with Gasteiger partial charge in [0.1, 0.15) is 0 Å². The summed E-state index contributed by atoms with van der Waals surface area (Å²) >= 11 is 3.40. The predicted octanol–water partition coefficient (Wildman–Crippen LogP) is 3.74. The molecule has 0 saturated heterocycles. The van der Waals surface area contributed by atoms with Gasteiger partial charge in [-0.25, -0.2) is 0 Å². The average Bonchev–Trinajstić information content (AvgIpc) is 2.41. The quantitative estimate of drug-likeness (QED) is 0.907. The summed E-state index contributed by atoms with van der Waals surface area (Å²) in [7, 11) is 1.82. The summed E-state index contributed by atoms with van der Waals surface area (Å²) in [5, 5.41) is 5.87. The average molecular weight is 305 g/mol. The Morgan fingerprint density at radius 2 is 1.89 bits per heavy atom. The fourth-order valence-corrected chi connectivity index (χ4v) is 1.96. The van der Waals surface area contributed by atoms with Crippen molar-refractivity contribution >= 4 is 33.2 Å². The standard InChI is InChI=1S/C14H13BrN2O/c1-16-11-6-4-5-10(9-11)14(18)17-13-8-3-2-7-12(13)15/h2-9,16H,1H3,(H,17,18). The third kappa shape index (κ3) is 2.90. The van der Waals surface area contributed by atoms with Gasteiger partial charge in [-0.2, -0.15) is 0 Å². The first-order valence-electron chi connectivity index (χ1n) is 5.54. The Morgan fingerprint density at radius 3 is 2.61 bits per heavy atom. The number of nitrogens with one attached hydrogen (secondary N) is 2. The third-order valence-corrected chi connectivity index (χ3v) is 3.23. The van der Waals surface area contributed by atoms with Crippen molar-refractivity contribution < 1.29 is 4.79 Å². The summed E-state index contributed by atoms with van der Waals surface area (Å²) in [6, 6.07) is 14.9. The largest absolute Gasteiger partial charge is 0.388 e. The molecule has 0 spiro atoms. The third-order valence-electron chi connectivity index (χ3n) is 2.54. The van der Waals surface area contributed by atoms with Gasteiger partial charge in [0, 0.05) is 22.8 Å². The SMILES string of the molecule is CNc1cccc(C(=O)Nc2ccccc2Br)c1. The molecule has 4 heteroatoms. The lowest BCUT2D eigenvalue weighted by Gasteiger charge is -2.08. The minimum absolute atomic E-state index is 0.126. The molecule has 2 aromatic carbocycles. The van der Waals surface area contributed by atoms with Crippen molar-refractivity contribution in [1.29, 1.82) is 0 Å². The highest BCUT2D eigenvalue weighted by atomic mass is 79.9. The molecule has 2 rings (SSSR count). The molecular formula is C14H13BrN2O. The van der Waals surface area contributed by atoms with Crippen molar-refractivity contribution in [2.24, 2.45) is 0 Å². The van der Waals surface area contributed by atoms with E-state index in [1.165, 1.54) is 0 Å². The van der Waals surface area contributed by atoms with Crippen LogP contribution in [0.5, 0.6) is 0 Å². The molecule has 2 aromatic rings. The molecule has 0 unspecified atom stereocenters. The molecule has 3 nitrogen and oxygen atoms in total. The van der Waals surface area contributed by atoms with Gasteiger partial charge in [0.25, 0.3) is 5.91 Å². The van der Waals surface area contributed by atoms with Crippen LogP contribution in [0.2, 0.25) is 0 Å². The molecule has 0 bridgehead atoms. The van der Waals surface area contributed by atoms with Crippen molar-refractivity contribution in [1.82, 2.24) is 0 Å². The fourth-order valence-electron chi connectivity index (χ4n) is 1.57. The number of anilines is 2. The molecule has 1 amide bonds. The van der Waals surface area contributed by atoms with E-state index in [9.17, 15) is 4.79 Å². The Kier molecular flexibility index (Phi) is 3.99. The lowest BCUT2D eigenvalue weighted by atomic mass is 10.2. The summed E-state index contributed by atoms with van der Waals surface area (Å²) in [6.07, 6.45) is 0. The van der Waals surface area contributed by atoms with E-state index < -0.39 is 0 Å². The molecule has 0 fully saturated rings. The van der Waals surface area contributed by atoms with Gasteiger partial charge in [-0.1, -0.05) is 18.2 Å². The monoisotopic (exact) mass is 304 g/mol. The van der Waals surface area contributed by atoms with Crippen molar-refractivity contribution in [3.63, 3.8) is 0 Å². The molecule has 0 aliphatic rings. The van der Waals surface area contributed by atoms with E-state index >= 15 is 0 Å². The highest BCUT2D eigenvalue weighted by Crippen LogP contribution is 2.22. The van der Waals surface area contributed by atoms with Crippen LogP contribution in [-0.2, 0) is 0 Å². The first kappa shape index (κ1) is 12.6. The highest BCUT2D eigenvalue weighted by molar-refractivity contribution is 9.10. The smallest absolute Gasteiger partial charge is 0.255 e. The molecule has 0 saturated carbocycles. The number of carbonyl (C=O) groups excluding carboxylic acids is 1. The van der Waals surface area contributed by atoms with Crippen LogP contribution in [0.1, 0.15) is 10.4 Å². The minimum Gasteiger partial charge on any atom is -0.388 e. The van der Waals surface area contributed by atoms with E-state index in [4.69, 9.17) is 0 Å². The topological polar surface area (TPSA) is 41.1 Å². The number of rotatable bonds is 3. The lowest BCUT2D eigenvalue weighted by Crippen LogP contribution is -2.12. The maximum Gasteiger partial charge on any atom is 0.255 e. The zero-order valence-corrected chi connectivity index (χ0v) is 11.5. The molecule has 0 radical (unpaired) electrons. The second-order valence-corrected chi connectivity index (χ2v) is 4.62. The molecule has 0 aromatic heterocycles. The number of benzene rings is 2.